The number of alkyl halides is 2. The van der Waals surface area contributed by atoms with E-state index in [2.05, 4.69) is 16.0 Å². The number of amides is 1. The highest BCUT2D eigenvalue weighted by molar-refractivity contribution is 8.02. The normalized spacial score (nSPS) is 14.5. The summed E-state index contributed by atoms with van der Waals surface area (Å²) >= 11 is 1.57. The Kier molecular flexibility index (Phi) is 10.3. The molecule has 39 heavy (non-hydrogen) atoms. The first-order valence-corrected chi connectivity index (χ1v) is 14.4. The van der Waals surface area contributed by atoms with Gasteiger partial charge in [0.15, 0.2) is 5.76 Å². The fourth-order valence-electron chi connectivity index (χ4n) is 3.59. The Hall–Kier alpha value is -3.63. The van der Waals surface area contributed by atoms with Gasteiger partial charge >= 0.3 is 12.5 Å². The average Bonchev–Trinajstić information content (AvgIpc) is 3.10. The molecule has 206 valence electrons. The Balaban J connectivity index is 1.68. The molecule has 1 N–H and O–H groups in total. The van der Waals surface area contributed by atoms with Gasteiger partial charge in [0.2, 0.25) is 0 Å². The number of benzene rings is 1. The van der Waals surface area contributed by atoms with E-state index in [1.54, 1.807) is 56.8 Å². The number of aryl methyl sites for hydroxylation is 1. The van der Waals surface area contributed by atoms with Gasteiger partial charge in [-0.15, -0.1) is 11.8 Å². The third-order valence-electron chi connectivity index (χ3n) is 5.74. The van der Waals surface area contributed by atoms with Crippen LogP contribution in [0, 0.1) is 6.92 Å². The minimum absolute atomic E-state index is 0.0504. The first kappa shape index (κ1) is 29.9. The molecule has 0 saturated carbocycles. The van der Waals surface area contributed by atoms with Crippen molar-refractivity contribution in [2.45, 2.75) is 39.6 Å². The molecule has 10 heteroatoms. The zero-order valence-electron chi connectivity index (χ0n) is 21.7. The molecule has 0 atom stereocenters. The van der Waals surface area contributed by atoms with Crippen LogP contribution in [0.3, 0.4) is 0 Å². The van der Waals surface area contributed by atoms with Crippen molar-refractivity contribution in [3.8, 4) is 5.75 Å². The lowest BCUT2D eigenvalue weighted by Gasteiger charge is -2.09. The summed E-state index contributed by atoms with van der Waals surface area (Å²) in [6.07, 6.45) is 12.9. The monoisotopic (exact) mass is 573 g/mol. The average molecular weight is 574 g/mol. The minimum atomic E-state index is -4.12. The SMILES string of the molecule is C=C/C=C(\C(C)=C/C)S(=O)(=O)NC(=O)c1cc(CSC2=CC=C(c3ccc(OC(F)F)cc3)C=CC2)c(C)o1. The van der Waals surface area contributed by atoms with Gasteiger partial charge in [0.25, 0.3) is 10.0 Å². The second kappa shape index (κ2) is 13.4. The van der Waals surface area contributed by atoms with E-state index in [1.165, 1.54) is 24.3 Å². The van der Waals surface area contributed by atoms with E-state index in [0.29, 0.717) is 23.5 Å². The second-order valence-electron chi connectivity index (χ2n) is 8.42. The maximum Gasteiger partial charge on any atom is 0.387 e. The smallest absolute Gasteiger partial charge is 0.387 e. The summed E-state index contributed by atoms with van der Waals surface area (Å²) in [5.74, 6) is 0.170. The summed E-state index contributed by atoms with van der Waals surface area (Å²) in [6, 6.07) is 7.98. The molecule has 0 aliphatic heterocycles. The predicted molar refractivity (Wildman–Crippen MR) is 152 cm³/mol. The van der Waals surface area contributed by atoms with Crippen LogP contribution in [0.15, 0.2) is 99.2 Å². The quantitative estimate of drug-likeness (QED) is 0.281. The first-order chi connectivity index (χ1) is 18.5. The van der Waals surface area contributed by atoms with Gasteiger partial charge in [0, 0.05) is 11.3 Å². The molecule has 1 aromatic heterocycles. The highest BCUT2D eigenvalue weighted by atomic mass is 32.2. The van der Waals surface area contributed by atoms with Crippen LogP contribution in [0.5, 0.6) is 5.75 Å². The van der Waals surface area contributed by atoms with Crippen molar-refractivity contribution in [3.05, 3.63) is 117 Å². The molecule has 1 aliphatic rings. The van der Waals surface area contributed by atoms with Crippen molar-refractivity contribution in [3.63, 3.8) is 0 Å². The van der Waals surface area contributed by atoms with E-state index in [4.69, 9.17) is 4.42 Å². The van der Waals surface area contributed by atoms with Crippen molar-refractivity contribution in [1.29, 1.82) is 0 Å². The van der Waals surface area contributed by atoms with Crippen LogP contribution in [0.1, 0.15) is 47.7 Å². The number of thioether (sulfide) groups is 1. The highest BCUT2D eigenvalue weighted by Gasteiger charge is 2.24. The van der Waals surface area contributed by atoms with E-state index in [0.717, 1.165) is 21.6 Å². The number of hydrogen-bond acceptors (Lipinski definition) is 6. The Morgan fingerprint density at radius 3 is 2.62 bits per heavy atom. The van der Waals surface area contributed by atoms with Crippen molar-refractivity contribution in [1.82, 2.24) is 4.72 Å². The van der Waals surface area contributed by atoms with Crippen molar-refractivity contribution >= 4 is 33.3 Å². The van der Waals surface area contributed by atoms with Crippen molar-refractivity contribution in [2.75, 3.05) is 0 Å². The summed E-state index contributed by atoms with van der Waals surface area (Å²) in [6.45, 7) is 5.71. The van der Waals surface area contributed by atoms with Crippen LogP contribution in [0.2, 0.25) is 0 Å². The maximum absolute atomic E-state index is 12.8. The van der Waals surface area contributed by atoms with Crippen molar-refractivity contribution in [2.24, 2.45) is 0 Å². The van der Waals surface area contributed by atoms with Gasteiger partial charge in [-0.05, 0) is 73.1 Å². The second-order valence-corrected chi connectivity index (χ2v) is 11.2. The molecule has 0 radical (unpaired) electrons. The van der Waals surface area contributed by atoms with Gasteiger partial charge < -0.3 is 9.15 Å². The Morgan fingerprint density at radius 1 is 1.26 bits per heavy atom. The number of hydrogen-bond donors (Lipinski definition) is 1. The molecule has 6 nitrogen and oxygen atoms in total. The number of nitrogens with one attached hydrogen (secondary N) is 1. The van der Waals surface area contributed by atoms with E-state index >= 15 is 0 Å². The van der Waals surface area contributed by atoms with Gasteiger partial charge in [0.1, 0.15) is 11.5 Å². The van der Waals surface area contributed by atoms with Crippen LogP contribution in [-0.2, 0) is 15.8 Å². The lowest BCUT2D eigenvalue weighted by atomic mass is 10.1. The third-order valence-corrected chi connectivity index (χ3v) is 8.36. The Morgan fingerprint density at radius 2 is 1.97 bits per heavy atom. The number of sulfonamides is 1. The molecule has 1 amide bonds. The molecule has 0 unspecified atom stereocenters. The zero-order valence-corrected chi connectivity index (χ0v) is 23.4. The molecule has 1 heterocycles. The van der Waals surface area contributed by atoms with E-state index in [9.17, 15) is 22.0 Å². The highest BCUT2D eigenvalue weighted by Crippen LogP contribution is 2.31. The number of rotatable bonds is 11. The molecular formula is C29H29F2NO5S2. The summed E-state index contributed by atoms with van der Waals surface area (Å²) in [5, 5.41) is 0. The number of halogens is 2. The van der Waals surface area contributed by atoms with Gasteiger partial charge in [-0.1, -0.05) is 55.2 Å². The topological polar surface area (TPSA) is 85.6 Å². The number of allylic oxidation sites excluding steroid dienone is 10. The maximum atomic E-state index is 12.8. The van der Waals surface area contributed by atoms with Crippen LogP contribution in [-0.4, -0.2) is 20.9 Å². The first-order valence-electron chi connectivity index (χ1n) is 11.9. The molecule has 1 aliphatic carbocycles. The fraction of sp³-hybridized carbons (Fsp3) is 0.207. The number of carbonyl (C=O) groups excluding carboxylic acids is 1. The molecule has 1 aromatic carbocycles. The Bertz CT molecular complexity index is 1480. The molecule has 0 bridgehead atoms. The zero-order chi connectivity index (χ0) is 28.6. The minimum Gasteiger partial charge on any atom is -0.456 e. The van der Waals surface area contributed by atoms with E-state index in [-0.39, 0.29) is 16.4 Å². The number of ether oxygens (including phenoxy) is 1. The van der Waals surface area contributed by atoms with Gasteiger partial charge in [0.05, 0.1) is 4.91 Å². The fourth-order valence-corrected chi connectivity index (χ4v) is 5.87. The van der Waals surface area contributed by atoms with Gasteiger partial charge in [-0.3, -0.25) is 4.79 Å². The van der Waals surface area contributed by atoms with Crippen molar-refractivity contribution < 1.29 is 31.1 Å². The van der Waals surface area contributed by atoms with Crippen LogP contribution < -0.4 is 9.46 Å². The number of furan rings is 1. The summed E-state index contributed by atoms with van der Waals surface area (Å²) < 4.78 is 62.3. The third kappa shape index (κ3) is 8.18. The Labute approximate surface area is 231 Å². The van der Waals surface area contributed by atoms with Crippen LogP contribution in [0.4, 0.5) is 8.78 Å². The summed E-state index contributed by atoms with van der Waals surface area (Å²) in [5.41, 5.74) is 3.03. The molecule has 0 fully saturated rings. The molecule has 3 rings (SSSR count). The lowest BCUT2D eigenvalue weighted by molar-refractivity contribution is -0.0498. The summed E-state index contributed by atoms with van der Waals surface area (Å²) in [7, 11) is -4.12. The van der Waals surface area contributed by atoms with Crippen LogP contribution >= 0.6 is 11.8 Å². The summed E-state index contributed by atoms with van der Waals surface area (Å²) in [4.78, 5) is 13.7. The predicted octanol–water partition coefficient (Wildman–Crippen LogP) is 7.45. The standard InChI is InChI=1S/C29H29F2NO5S2/c1-5-8-27(19(3)6-2)39(34,35)32-28(33)26-17-23(20(4)36-26)18-38-25-10-7-9-21(13-16-25)22-11-14-24(15-12-22)37-29(30)31/h5-9,11-17,29H,1,10,18H2,2-4H3,(H,32,33)/b19-6-,27-8+. The largest absolute Gasteiger partial charge is 0.456 e. The van der Waals surface area contributed by atoms with Crippen LogP contribution in [0.25, 0.3) is 5.57 Å². The molecular weight excluding hydrogens is 544 g/mol. The van der Waals surface area contributed by atoms with Gasteiger partial charge in [-0.2, -0.15) is 8.78 Å². The molecule has 2 aromatic rings. The molecule has 0 saturated heterocycles. The molecule has 0 spiro atoms. The van der Waals surface area contributed by atoms with Gasteiger partial charge in [-0.25, -0.2) is 13.1 Å². The lowest BCUT2D eigenvalue weighted by Crippen LogP contribution is -2.31. The number of carbonyl (C=O) groups is 1. The van der Waals surface area contributed by atoms with E-state index in [1.807, 2.05) is 24.3 Å². The van der Waals surface area contributed by atoms with E-state index < -0.39 is 22.5 Å².